The first-order valence-electron chi connectivity index (χ1n) is 7.10. The average molecular weight is 411 g/mol. The van der Waals surface area contributed by atoms with Crippen molar-refractivity contribution in [3.05, 3.63) is 69.4 Å². The Balaban J connectivity index is 1.81. The van der Waals surface area contributed by atoms with Gasteiger partial charge in [-0.15, -0.1) is 10.2 Å². The molecule has 0 unspecified atom stereocenters. The highest BCUT2D eigenvalue weighted by Gasteiger charge is 2.15. The minimum atomic E-state index is -0.0978. The zero-order chi connectivity index (χ0) is 17.8. The van der Waals surface area contributed by atoms with Gasteiger partial charge < -0.3 is 0 Å². The smallest absolute Gasteiger partial charge is 0.173 e. The number of carbonyl (C=O) groups is 1. The van der Waals surface area contributed by atoms with Gasteiger partial charge >= 0.3 is 0 Å². The van der Waals surface area contributed by atoms with Crippen LogP contribution >= 0.6 is 46.6 Å². The summed E-state index contributed by atoms with van der Waals surface area (Å²) in [7, 11) is 0. The number of halogens is 3. The van der Waals surface area contributed by atoms with Crippen molar-refractivity contribution in [2.45, 2.75) is 5.03 Å². The van der Waals surface area contributed by atoms with E-state index >= 15 is 0 Å². The summed E-state index contributed by atoms with van der Waals surface area (Å²) in [4.78, 5) is 16.6. The van der Waals surface area contributed by atoms with Gasteiger partial charge in [-0.1, -0.05) is 64.8 Å². The molecule has 0 amide bonds. The number of carbonyl (C=O) groups excluding carboxylic acids is 1. The van der Waals surface area contributed by atoms with Crippen molar-refractivity contribution in [2.75, 3.05) is 5.75 Å². The molecule has 3 rings (SSSR count). The minimum Gasteiger partial charge on any atom is -0.293 e. The third kappa shape index (κ3) is 4.30. The molecule has 0 bridgehead atoms. The normalized spacial score (nSPS) is 10.7. The van der Waals surface area contributed by atoms with Crippen LogP contribution in [0.2, 0.25) is 15.1 Å². The highest BCUT2D eigenvalue weighted by Crippen LogP contribution is 2.32. The second kappa shape index (κ2) is 8.15. The summed E-state index contributed by atoms with van der Waals surface area (Å²) in [6.45, 7) is 0. The molecule has 1 heterocycles. The monoisotopic (exact) mass is 409 g/mol. The van der Waals surface area contributed by atoms with Crippen LogP contribution in [0.15, 0.2) is 53.8 Å². The quantitative estimate of drug-likeness (QED) is 0.412. The average Bonchev–Trinajstić information content (AvgIpc) is 2.63. The number of nitrogens with zero attached hydrogens (tertiary/aromatic N) is 3. The van der Waals surface area contributed by atoms with Gasteiger partial charge in [-0.05, 0) is 24.3 Å². The largest absolute Gasteiger partial charge is 0.293 e. The SMILES string of the molecule is O=C(CSc1nncnc1-c1ccccc1Cl)c1ccc(Cl)c(Cl)c1. The number of thioether (sulfide) groups is 1. The third-order valence-corrected chi connectivity index (χ3v) is 5.32. The number of ketones is 1. The lowest BCUT2D eigenvalue weighted by atomic mass is 10.1. The van der Waals surface area contributed by atoms with Gasteiger partial charge in [-0.25, -0.2) is 4.98 Å². The first kappa shape index (κ1) is 18.1. The Morgan fingerprint density at radius 3 is 2.56 bits per heavy atom. The molecule has 0 aliphatic heterocycles. The zero-order valence-electron chi connectivity index (χ0n) is 12.6. The highest BCUT2D eigenvalue weighted by molar-refractivity contribution is 8.00. The van der Waals surface area contributed by atoms with E-state index in [1.54, 1.807) is 24.3 Å². The maximum absolute atomic E-state index is 12.4. The van der Waals surface area contributed by atoms with Crippen molar-refractivity contribution in [1.29, 1.82) is 0 Å². The molecule has 0 fully saturated rings. The Bertz CT molecular complexity index is 937. The number of aromatic nitrogens is 3. The number of rotatable bonds is 5. The van der Waals surface area contributed by atoms with Crippen LogP contribution in [-0.4, -0.2) is 26.7 Å². The minimum absolute atomic E-state index is 0.0978. The Morgan fingerprint density at radius 1 is 1.00 bits per heavy atom. The van der Waals surface area contributed by atoms with E-state index in [2.05, 4.69) is 15.2 Å². The van der Waals surface area contributed by atoms with E-state index in [9.17, 15) is 4.79 Å². The third-order valence-electron chi connectivity index (χ3n) is 3.30. The topological polar surface area (TPSA) is 55.7 Å². The molecule has 0 atom stereocenters. The fraction of sp³-hybridized carbons (Fsp3) is 0.0588. The van der Waals surface area contributed by atoms with Gasteiger partial charge in [0.25, 0.3) is 0 Å². The molecular formula is C17H10Cl3N3OS. The van der Waals surface area contributed by atoms with E-state index in [1.165, 1.54) is 18.1 Å². The summed E-state index contributed by atoms with van der Waals surface area (Å²) in [5.41, 5.74) is 1.81. The molecule has 8 heteroatoms. The number of Topliss-reactive ketones (excluding diaryl/α,β-unsaturated/α-hetero) is 1. The van der Waals surface area contributed by atoms with Crippen LogP contribution in [0.25, 0.3) is 11.3 Å². The lowest BCUT2D eigenvalue weighted by Gasteiger charge is -2.08. The molecule has 0 saturated carbocycles. The van der Waals surface area contributed by atoms with E-state index in [-0.39, 0.29) is 11.5 Å². The summed E-state index contributed by atoms with van der Waals surface area (Å²) in [6, 6.07) is 12.1. The van der Waals surface area contributed by atoms with Crippen LogP contribution in [0.1, 0.15) is 10.4 Å². The van der Waals surface area contributed by atoms with Crippen LogP contribution in [0.5, 0.6) is 0 Å². The zero-order valence-corrected chi connectivity index (χ0v) is 15.7. The van der Waals surface area contributed by atoms with E-state index in [4.69, 9.17) is 34.8 Å². The van der Waals surface area contributed by atoms with Crippen LogP contribution < -0.4 is 0 Å². The van der Waals surface area contributed by atoms with Crippen molar-refractivity contribution >= 4 is 52.3 Å². The predicted octanol–water partition coefficient (Wildman–Crippen LogP) is 5.47. The van der Waals surface area contributed by atoms with Crippen molar-refractivity contribution in [2.24, 2.45) is 0 Å². The van der Waals surface area contributed by atoms with Crippen molar-refractivity contribution in [1.82, 2.24) is 15.2 Å². The van der Waals surface area contributed by atoms with Crippen molar-refractivity contribution in [3.8, 4) is 11.3 Å². The highest BCUT2D eigenvalue weighted by atomic mass is 35.5. The van der Waals surface area contributed by atoms with Gasteiger partial charge in [0.15, 0.2) is 5.78 Å². The first-order chi connectivity index (χ1) is 12.1. The molecule has 3 aromatic rings. The summed E-state index contributed by atoms with van der Waals surface area (Å²) >= 11 is 19.3. The van der Waals surface area contributed by atoms with E-state index in [1.807, 2.05) is 18.2 Å². The van der Waals surface area contributed by atoms with E-state index < -0.39 is 0 Å². The maximum atomic E-state index is 12.4. The summed E-state index contributed by atoms with van der Waals surface area (Å²) in [5.74, 6) is 0.0646. The molecule has 0 spiro atoms. The number of hydrogen-bond acceptors (Lipinski definition) is 5. The summed E-state index contributed by atoms with van der Waals surface area (Å²) < 4.78 is 0. The standard InChI is InChI=1S/C17H10Cl3N3OS/c18-12-4-2-1-3-11(12)16-17(23-22-9-21-16)25-8-15(24)10-5-6-13(19)14(20)7-10/h1-7,9H,8H2. The van der Waals surface area contributed by atoms with E-state index in [0.29, 0.717) is 31.4 Å². The fourth-order valence-corrected chi connectivity index (χ4v) is 3.45. The van der Waals surface area contributed by atoms with Gasteiger partial charge in [-0.3, -0.25) is 4.79 Å². The molecule has 4 nitrogen and oxygen atoms in total. The summed E-state index contributed by atoms with van der Waals surface area (Å²) in [6.07, 6.45) is 1.35. The predicted molar refractivity (Wildman–Crippen MR) is 102 cm³/mol. The lowest BCUT2D eigenvalue weighted by molar-refractivity contribution is 0.102. The Hall–Kier alpha value is -1.66. The van der Waals surface area contributed by atoms with Gasteiger partial charge in [0, 0.05) is 11.1 Å². The second-order valence-corrected chi connectivity index (χ2v) is 7.12. The molecule has 2 aromatic carbocycles. The number of benzene rings is 2. The first-order valence-corrected chi connectivity index (χ1v) is 9.22. The second-order valence-electron chi connectivity index (χ2n) is 4.93. The van der Waals surface area contributed by atoms with Gasteiger partial charge in [-0.2, -0.15) is 0 Å². The molecule has 0 saturated heterocycles. The molecule has 0 aliphatic carbocycles. The summed E-state index contributed by atoms with van der Waals surface area (Å²) in [5, 5.41) is 9.73. The Labute approximate surface area is 163 Å². The van der Waals surface area contributed by atoms with Crippen LogP contribution in [0.3, 0.4) is 0 Å². The lowest BCUT2D eigenvalue weighted by Crippen LogP contribution is -2.04. The molecule has 25 heavy (non-hydrogen) atoms. The Kier molecular flexibility index (Phi) is 5.91. The van der Waals surface area contributed by atoms with Crippen molar-refractivity contribution in [3.63, 3.8) is 0 Å². The molecule has 1 aromatic heterocycles. The van der Waals surface area contributed by atoms with Crippen LogP contribution in [-0.2, 0) is 0 Å². The van der Waals surface area contributed by atoms with Gasteiger partial charge in [0.05, 0.1) is 20.8 Å². The fourth-order valence-electron chi connectivity index (χ4n) is 2.09. The van der Waals surface area contributed by atoms with Crippen LogP contribution in [0.4, 0.5) is 0 Å². The molecular weight excluding hydrogens is 401 g/mol. The molecule has 0 N–H and O–H groups in total. The molecule has 126 valence electrons. The van der Waals surface area contributed by atoms with Gasteiger partial charge in [0.1, 0.15) is 17.0 Å². The Morgan fingerprint density at radius 2 is 1.80 bits per heavy atom. The van der Waals surface area contributed by atoms with Crippen molar-refractivity contribution < 1.29 is 4.79 Å². The van der Waals surface area contributed by atoms with Crippen LogP contribution in [0, 0.1) is 0 Å². The maximum Gasteiger partial charge on any atom is 0.173 e. The molecule has 0 radical (unpaired) electrons. The molecule has 0 aliphatic rings. The van der Waals surface area contributed by atoms with Gasteiger partial charge in [0.2, 0.25) is 0 Å². The van der Waals surface area contributed by atoms with E-state index in [0.717, 1.165) is 5.56 Å². The number of hydrogen-bond donors (Lipinski definition) is 0.